The van der Waals surface area contributed by atoms with E-state index < -0.39 is 0 Å². The van der Waals surface area contributed by atoms with Crippen LogP contribution in [0.25, 0.3) is 0 Å². The summed E-state index contributed by atoms with van der Waals surface area (Å²) in [6.45, 7) is 3.09. The summed E-state index contributed by atoms with van der Waals surface area (Å²) in [5.74, 6) is 2.04. The number of benzene rings is 2. The molecule has 0 saturated heterocycles. The van der Waals surface area contributed by atoms with E-state index in [1.165, 1.54) is 0 Å². The number of hydrogen-bond donors (Lipinski definition) is 0. The molecular formula is C19H23NO4. The molecule has 0 aromatic heterocycles. The predicted octanol–water partition coefficient (Wildman–Crippen LogP) is 3.13. The summed E-state index contributed by atoms with van der Waals surface area (Å²) in [7, 11) is 3.35. The normalized spacial score (nSPS) is 10.1. The third-order valence-corrected chi connectivity index (χ3v) is 3.48. The summed E-state index contributed by atoms with van der Waals surface area (Å²) in [4.78, 5) is 13.8. The van der Waals surface area contributed by atoms with Crippen LogP contribution in [0.1, 0.15) is 12.5 Å². The van der Waals surface area contributed by atoms with Gasteiger partial charge < -0.3 is 19.1 Å². The van der Waals surface area contributed by atoms with E-state index in [-0.39, 0.29) is 12.5 Å². The SMILES string of the molecule is CCOc1ccc(CN(C)C(=O)COc2cccc(OC)c2)cc1. The first-order valence-corrected chi connectivity index (χ1v) is 7.85. The van der Waals surface area contributed by atoms with Gasteiger partial charge in [0, 0.05) is 19.7 Å². The molecule has 0 radical (unpaired) electrons. The van der Waals surface area contributed by atoms with Gasteiger partial charge in [0.2, 0.25) is 0 Å². The number of hydrogen-bond acceptors (Lipinski definition) is 4. The Labute approximate surface area is 142 Å². The summed E-state index contributed by atoms with van der Waals surface area (Å²) in [5, 5.41) is 0. The highest BCUT2D eigenvalue weighted by Crippen LogP contribution is 2.19. The number of rotatable bonds is 8. The molecule has 0 fully saturated rings. The quantitative estimate of drug-likeness (QED) is 0.746. The lowest BCUT2D eigenvalue weighted by atomic mass is 10.2. The Morgan fingerprint density at radius 2 is 1.71 bits per heavy atom. The molecule has 0 aliphatic carbocycles. The number of methoxy groups -OCH3 is 1. The number of likely N-dealkylation sites (N-methyl/N-ethyl adjacent to an activating group) is 1. The summed E-state index contributed by atoms with van der Waals surface area (Å²) in [6.07, 6.45) is 0. The van der Waals surface area contributed by atoms with Gasteiger partial charge in [0.25, 0.3) is 5.91 Å². The highest BCUT2D eigenvalue weighted by Gasteiger charge is 2.10. The van der Waals surface area contributed by atoms with Gasteiger partial charge in [0.05, 0.1) is 13.7 Å². The number of nitrogens with zero attached hydrogens (tertiary/aromatic N) is 1. The lowest BCUT2D eigenvalue weighted by Gasteiger charge is -2.18. The van der Waals surface area contributed by atoms with E-state index in [1.807, 2.05) is 43.3 Å². The summed E-state index contributed by atoms with van der Waals surface area (Å²) < 4.78 is 16.1. The molecule has 1 amide bonds. The molecule has 0 bridgehead atoms. The minimum absolute atomic E-state index is 0.0132. The molecule has 24 heavy (non-hydrogen) atoms. The van der Waals surface area contributed by atoms with Crippen LogP contribution in [0.5, 0.6) is 17.2 Å². The van der Waals surface area contributed by atoms with E-state index >= 15 is 0 Å². The van der Waals surface area contributed by atoms with E-state index in [9.17, 15) is 4.79 Å². The van der Waals surface area contributed by atoms with Gasteiger partial charge in [0.15, 0.2) is 6.61 Å². The number of amides is 1. The zero-order chi connectivity index (χ0) is 17.4. The fourth-order valence-electron chi connectivity index (χ4n) is 2.17. The largest absolute Gasteiger partial charge is 0.497 e. The van der Waals surface area contributed by atoms with Crippen LogP contribution in [-0.2, 0) is 11.3 Å². The van der Waals surface area contributed by atoms with Crippen molar-refractivity contribution >= 4 is 5.91 Å². The summed E-state index contributed by atoms with van der Waals surface area (Å²) in [5.41, 5.74) is 1.04. The maximum atomic E-state index is 12.2. The Hall–Kier alpha value is -2.69. The lowest BCUT2D eigenvalue weighted by molar-refractivity contribution is -0.132. The van der Waals surface area contributed by atoms with Gasteiger partial charge in [-0.1, -0.05) is 18.2 Å². The van der Waals surface area contributed by atoms with Crippen LogP contribution in [0.2, 0.25) is 0 Å². The standard InChI is InChI=1S/C19H23NO4/c1-4-23-16-10-8-15(9-11-16)13-20(2)19(21)14-24-18-7-5-6-17(12-18)22-3/h5-12H,4,13-14H2,1-3H3. The van der Waals surface area contributed by atoms with E-state index in [0.29, 0.717) is 24.7 Å². The van der Waals surface area contributed by atoms with Crippen molar-refractivity contribution in [1.29, 1.82) is 0 Å². The van der Waals surface area contributed by atoms with Crippen LogP contribution >= 0.6 is 0 Å². The third-order valence-electron chi connectivity index (χ3n) is 3.48. The predicted molar refractivity (Wildman–Crippen MR) is 92.6 cm³/mol. The number of ether oxygens (including phenoxy) is 3. The molecule has 0 aliphatic rings. The highest BCUT2D eigenvalue weighted by atomic mass is 16.5. The maximum absolute atomic E-state index is 12.2. The topological polar surface area (TPSA) is 48.0 Å². The van der Waals surface area contributed by atoms with Crippen LogP contribution in [0.3, 0.4) is 0 Å². The van der Waals surface area contributed by atoms with Crippen LogP contribution in [0.15, 0.2) is 48.5 Å². The second-order valence-corrected chi connectivity index (χ2v) is 5.29. The van der Waals surface area contributed by atoms with Crippen molar-refractivity contribution in [3.63, 3.8) is 0 Å². The second-order valence-electron chi connectivity index (χ2n) is 5.29. The zero-order valence-corrected chi connectivity index (χ0v) is 14.3. The van der Waals surface area contributed by atoms with Gasteiger partial charge in [0.1, 0.15) is 17.2 Å². The van der Waals surface area contributed by atoms with Crippen LogP contribution in [0, 0.1) is 0 Å². The van der Waals surface area contributed by atoms with Crippen molar-refractivity contribution in [2.75, 3.05) is 27.4 Å². The molecule has 2 aromatic carbocycles. The third kappa shape index (κ3) is 5.19. The van der Waals surface area contributed by atoms with Crippen molar-refractivity contribution in [2.24, 2.45) is 0 Å². The van der Waals surface area contributed by atoms with Crippen molar-refractivity contribution in [1.82, 2.24) is 4.90 Å². The molecular weight excluding hydrogens is 306 g/mol. The van der Waals surface area contributed by atoms with Crippen LogP contribution in [0.4, 0.5) is 0 Å². The maximum Gasteiger partial charge on any atom is 0.260 e. The molecule has 0 unspecified atom stereocenters. The average Bonchev–Trinajstić information content (AvgIpc) is 2.61. The molecule has 128 valence electrons. The van der Waals surface area contributed by atoms with E-state index in [1.54, 1.807) is 31.2 Å². The molecule has 0 atom stereocenters. The van der Waals surface area contributed by atoms with Gasteiger partial charge in [-0.2, -0.15) is 0 Å². The average molecular weight is 329 g/mol. The Morgan fingerprint density at radius 1 is 1.00 bits per heavy atom. The molecule has 0 saturated carbocycles. The van der Waals surface area contributed by atoms with Gasteiger partial charge in [-0.05, 0) is 36.8 Å². The van der Waals surface area contributed by atoms with Gasteiger partial charge in [-0.15, -0.1) is 0 Å². The Morgan fingerprint density at radius 3 is 2.38 bits per heavy atom. The lowest BCUT2D eigenvalue weighted by Crippen LogP contribution is -2.30. The minimum atomic E-state index is -0.0910. The molecule has 2 rings (SSSR count). The molecule has 5 nitrogen and oxygen atoms in total. The fourth-order valence-corrected chi connectivity index (χ4v) is 2.17. The van der Waals surface area contributed by atoms with Crippen LogP contribution < -0.4 is 14.2 Å². The Bertz CT molecular complexity index is 655. The minimum Gasteiger partial charge on any atom is -0.497 e. The second kappa shape index (κ2) is 8.82. The number of carbonyl (C=O) groups is 1. The summed E-state index contributed by atoms with van der Waals surface area (Å²) >= 11 is 0. The highest BCUT2D eigenvalue weighted by molar-refractivity contribution is 5.77. The first-order chi connectivity index (χ1) is 11.6. The van der Waals surface area contributed by atoms with Crippen molar-refractivity contribution in [2.45, 2.75) is 13.5 Å². The molecule has 2 aromatic rings. The zero-order valence-electron chi connectivity index (χ0n) is 14.3. The molecule has 0 N–H and O–H groups in total. The van der Waals surface area contributed by atoms with Crippen molar-refractivity contribution < 1.29 is 19.0 Å². The molecule has 0 spiro atoms. The van der Waals surface area contributed by atoms with Crippen LogP contribution in [-0.4, -0.2) is 38.2 Å². The number of carbonyl (C=O) groups excluding carboxylic acids is 1. The monoisotopic (exact) mass is 329 g/mol. The van der Waals surface area contributed by atoms with E-state index in [4.69, 9.17) is 14.2 Å². The first-order valence-electron chi connectivity index (χ1n) is 7.85. The van der Waals surface area contributed by atoms with E-state index in [0.717, 1.165) is 11.3 Å². The summed E-state index contributed by atoms with van der Waals surface area (Å²) in [6, 6.07) is 14.9. The molecule has 5 heteroatoms. The first kappa shape index (κ1) is 17.7. The van der Waals surface area contributed by atoms with Crippen molar-refractivity contribution in [3.05, 3.63) is 54.1 Å². The Kier molecular flexibility index (Phi) is 6.49. The van der Waals surface area contributed by atoms with Crippen molar-refractivity contribution in [3.8, 4) is 17.2 Å². The van der Waals surface area contributed by atoms with Gasteiger partial charge in [-0.3, -0.25) is 4.79 Å². The fraction of sp³-hybridized carbons (Fsp3) is 0.316. The van der Waals surface area contributed by atoms with E-state index in [2.05, 4.69) is 0 Å². The van der Waals surface area contributed by atoms with Gasteiger partial charge in [-0.25, -0.2) is 0 Å². The smallest absolute Gasteiger partial charge is 0.260 e. The Balaban J connectivity index is 1.85. The van der Waals surface area contributed by atoms with Gasteiger partial charge >= 0.3 is 0 Å². The molecule has 0 heterocycles. The molecule has 0 aliphatic heterocycles.